The topological polar surface area (TPSA) is 40.4 Å². The van der Waals surface area contributed by atoms with Crippen LogP contribution in [-0.4, -0.2) is 53.1 Å². The molecule has 0 atom stereocenters. The van der Waals surface area contributed by atoms with E-state index in [9.17, 15) is 18.0 Å². The van der Waals surface area contributed by atoms with Crippen molar-refractivity contribution < 1.29 is 22.7 Å². The van der Waals surface area contributed by atoms with Gasteiger partial charge in [0.1, 0.15) is 11.3 Å². The van der Waals surface area contributed by atoms with Gasteiger partial charge in [0.25, 0.3) is 5.91 Å². The van der Waals surface area contributed by atoms with Crippen LogP contribution in [0.4, 0.5) is 24.5 Å². The molecule has 2 aromatic rings. The number of rotatable bonds is 9. The fraction of sp³-hybridized carbons (Fsp3) is 0.423. The van der Waals surface area contributed by atoms with Crippen LogP contribution in [0.15, 0.2) is 42.5 Å². The predicted octanol–water partition coefficient (Wildman–Crippen LogP) is 5.89. The van der Waals surface area contributed by atoms with Crippen molar-refractivity contribution in [3.63, 3.8) is 0 Å². The molecule has 0 radical (unpaired) electrons. The van der Waals surface area contributed by atoms with E-state index < -0.39 is 28.9 Å². The van der Waals surface area contributed by atoms with Gasteiger partial charge < -0.3 is 14.5 Å². The molecular weight excluding hydrogens is 489 g/mol. The van der Waals surface area contributed by atoms with E-state index >= 15 is 0 Å². The molecule has 0 unspecified atom stereocenters. The quantitative estimate of drug-likeness (QED) is 0.235. The second-order valence-electron chi connectivity index (χ2n) is 9.12. The van der Waals surface area contributed by atoms with E-state index in [4.69, 9.17) is 23.5 Å². The van der Waals surface area contributed by atoms with Crippen LogP contribution in [0.5, 0.6) is 5.75 Å². The number of amides is 1. The van der Waals surface area contributed by atoms with Crippen molar-refractivity contribution in [3.05, 3.63) is 65.0 Å². The number of thiocarbonyl (C=S) groups is 1. The standard InChI is InChI=1S/C26H29F3N4O2S/c1-6-31(5)17-18-8-11-20(12-9-18)35-15-7-14-32-24(36)33(23(34)25(32,2)3)19-10-13-22(30-4)21(16-19)26(27,28)29/h8-13,16H,6-7,14-15,17H2,1-3,5H3. The monoisotopic (exact) mass is 518 g/mol. The van der Waals surface area contributed by atoms with Crippen molar-refractivity contribution in [2.24, 2.45) is 0 Å². The van der Waals surface area contributed by atoms with Crippen LogP contribution in [0.2, 0.25) is 0 Å². The lowest BCUT2D eigenvalue weighted by molar-refractivity contribution is -0.136. The summed E-state index contributed by atoms with van der Waals surface area (Å²) in [6.07, 6.45) is -4.17. The van der Waals surface area contributed by atoms with Crippen molar-refractivity contribution in [1.29, 1.82) is 0 Å². The van der Waals surface area contributed by atoms with E-state index in [1.807, 2.05) is 24.3 Å². The number of hydrogen-bond acceptors (Lipinski definition) is 4. The highest BCUT2D eigenvalue weighted by atomic mass is 32.1. The average molecular weight is 519 g/mol. The number of carbonyl (C=O) groups excluding carboxylic acids is 1. The summed E-state index contributed by atoms with van der Waals surface area (Å²) in [5, 5.41) is 0.123. The van der Waals surface area contributed by atoms with Crippen molar-refractivity contribution in [2.75, 3.05) is 31.6 Å². The van der Waals surface area contributed by atoms with Gasteiger partial charge >= 0.3 is 6.18 Å². The summed E-state index contributed by atoms with van der Waals surface area (Å²) >= 11 is 5.51. The number of ether oxygens (including phenoxy) is 1. The minimum absolute atomic E-state index is 0.00893. The van der Waals surface area contributed by atoms with E-state index in [1.165, 1.54) is 11.6 Å². The minimum Gasteiger partial charge on any atom is -0.494 e. The Morgan fingerprint density at radius 3 is 2.42 bits per heavy atom. The molecule has 6 nitrogen and oxygen atoms in total. The van der Waals surface area contributed by atoms with Gasteiger partial charge in [-0.3, -0.25) is 9.69 Å². The van der Waals surface area contributed by atoms with E-state index in [1.54, 1.807) is 18.7 Å². The fourth-order valence-electron chi connectivity index (χ4n) is 3.95. The van der Waals surface area contributed by atoms with Gasteiger partial charge in [0.2, 0.25) is 0 Å². The SMILES string of the molecule is [C-]#[N+]c1ccc(N2C(=O)C(C)(C)N(CCCOc3ccc(CN(C)CC)cc3)C2=S)cc1C(F)(F)F. The maximum Gasteiger partial charge on any atom is 0.407 e. The Morgan fingerprint density at radius 1 is 1.17 bits per heavy atom. The predicted molar refractivity (Wildman–Crippen MR) is 137 cm³/mol. The van der Waals surface area contributed by atoms with Gasteiger partial charge in [0.15, 0.2) is 10.8 Å². The molecule has 1 amide bonds. The summed E-state index contributed by atoms with van der Waals surface area (Å²) in [7, 11) is 2.05. The van der Waals surface area contributed by atoms with E-state index in [0.29, 0.717) is 19.6 Å². The molecule has 0 spiro atoms. The summed E-state index contributed by atoms with van der Waals surface area (Å²) in [4.78, 5) is 21.1. The Bertz CT molecular complexity index is 1160. The van der Waals surface area contributed by atoms with Gasteiger partial charge in [0.05, 0.1) is 18.7 Å². The molecule has 192 valence electrons. The smallest absolute Gasteiger partial charge is 0.407 e. The lowest BCUT2D eigenvalue weighted by Crippen LogP contribution is -2.44. The van der Waals surface area contributed by atoms with Crippen LogP contribution in [0.3, 0.4) is 0 Å². The number of hydrogen-bond donors (Lipinski definition) is 0. The average Bonchev–Trinajstić information content (AvgIpc) is 3.00. The molecule has 0 bridgehead atoms. The maximum absolute atomic E-state index is 13.5. The minimum atomic E-state index is -4.73. The number of nitrogens with zero attached hydrogens (tertiary/aromatic N) is 4. The Balaban J connectivity index is 1.66. The summed E-state index contributed by atoms with van der Waals surface area (Å²) in [6, 6.07) is 11.1. The molecule has 1 aliphatic heterocycles. The number of alkyl halides is 3. The molecule has 1 heterocycles. The van der Waals surface area contributed by atoms with Crippen molar-refractivity contribution >= 4 is 34.6 Å². The molecular formula is C26H29F3N4O2S. The lowest BCUT2D eigenvalue weighted by Gasteiger charge is -2.29. The first-order valence-electron chi connectivity index (χ1n) is 11.5. The molecule has 3 rings (SSSR count). The summed E-state index contributed by atoms with van der Waals surface area (Å²) in [5.74, 6) is 0.309. The maximum atomic E-state index is 13.5. The molecule has 0 aliphatic carbocycles. The van der Waals surface area contributed by atoms with Crippen LogP contribution in [0.1, 0.15) is 38.3 Å². The second kappa shape index (κ2) is 10.8. The highest BCUT2D eigenvalue weighted by Gasteiger charge is 2.49. The first-order valence-corrected chi connectivity index (χ1v) is 12.0. The zero-order valence-electron chi connectivity index (χ0n) is 20.7. The van der Waals surface area contributed by atoms with Crippen molar-refractivity contribution in [1.82, 2.24) is 9.80 Å². The Labute approximate surface area is 215 Å². The van der Waals surface area contributed by atoms with Gasteiger partial charge in [-0.15, -0.1) is 0 Å². The molecule has 1 saturated heterocycles. The van der Waals surface area contributed by atoms with Crippen LogP contribution in [-0.2, 0) is 17.5 Å². The highest BCUT2D eigenvalue weighted by Crippen LogP contribution is 2.40. The van der Waals surface area contributed by atoms with Crippen LogP contribution < -0.4 is 9.64 Å². The third kappa shape index (κ3) is 5.79. The van der Waals surface area contributed by atoms with E-state index in [0.717, 1.165) is 35.9 Å². The van der Waals surface area contributed by atoms with Crippen molar-refractivity contribution in [2.45, 2.75) is 45.5 Å². The number of halogens is 3. The molecule has 36 heavy (non-hydrogen) atoms. The van der Waals surface area contributed by atoms with Gasteiger partial charge in [-0.1, -0.05) is 25.1 Å². The van der Waals surface area contributed by atoms with Gasteiger partial charge in [-0.2, -0.15) is 13.2 Å². The largest absolute Gasteiger partial charge is 0.494 e. The van der Waals surface area contributed by atoms with Gasteiger partial charge in [0, 0.05) is 18.8 Å². The highest BCUT2D eigenvalue weighted by molar-refractivity contribution is 7.80. The Kier molecular flexibility index (Phi) is 8.26. The molecule has 10 heteroatoms. The Morgan fingerprint density at radius 2 is 1.83 bits per heavy atom. The van der Waals surface area contributed by atoms with E-state index in [2.05, 4.69) is 23.7 Å². The third-order valence-electron chi connectivity index (χ3n) is 6.20. The van der Waals surface area contributed by atoms with Gasteiger partial charge in [-0.05, 0) is 75.9 Å². The van der Waals surface area contributed by atoms with Gasteiger partial charge in [-0.25, -0.2) is 4.85 Å². The Hall–Kier alpha value is -3.16. The zero-order valence-corrected chi connectivity index (χ0v) is 21.5. The molecule has 1 fully saturated rings. The second-order valence-corrected chi connectivity index (χ2v) is 9.49. The zero-order chi connectivity index (χ0) is 26.7. The molecule has 2 aromatic carbocycles. The molecule has 0 aromatic heterocycles. The third-order valence-corrected chi connectivity index (χ3v) is 6.60. The first-order chi connectivity index (χ1) is 16.9. The first kappa shape index (κ1) is 27.4. The fourth-order valence-corrected chi connectivity index (χ4v) is 4.46. The number of carbonyl (C=O) groups is 1. The lowest BCUT2D eigenvalue weighted by atomic mass is 10.0. The van der Waals surface area contributed by atoms with Crippen LogP contribution >= 0.6 is 12.2 Å². The number of benzene rings is 2. The summed E-state index contributed by atoms with van der Waals surface area (Å²) in [6.45, 7) is 15.1. The molecule has 1 aliphatic rings. The summed E-state index contributed by atoms with van der Waals surface area (Å²) in [5.41, 5.74) is -1.48. The van der Waals surface area contributed by atoms with Crippen LogP contribution in [0.25, 0.3) is 4.85 Å². The molecule has 0 N–H and O–H groups in total. The summed E-state index contributed by atoms with van der Waals surface area (Å²) < 4.78 is 46.2. The van der Waals surface area contributed by atoms with E-state index in [-0.39, 0.29) is 10.8 Å². The molecule has 0 saturated carbocycles. The van der Waals surface area contributed by atoms with Crippen LogP contribution in [0, 0.1) is 6.57 Å². The normalized spacial score (nSPS) is 15.5. The van der Waals surface area contributed by atoms with Crippen molar-refractivity contribution in [3.8, 4) is 5.75 Å². The number of anilines is 1.